The van der Waals surface area contributed by atoms with E-state index in [0.717, 1.165) is 5.56 Å². The fourth-order valence-electron chi connectivity index (χ4n) is 1.76. The molecule has 7 heteroatoms. The number of nitrogens with zero attached hydrogens (tertiary/aromatic N) is 2. The van der Waals surface area contributed by atoms with Crippen LogP contribution in [0.2, 0.25) is 5.15 Å². The molecule has 1 aromatic heterocycles. The van der Waals surface area contributed by atoms with Gasteiger partial charge in [0.25, 0.3) is 5.91 Å². The van der Waals surface area contributed by atoms with E-state index < -0.39 is 11.9 Å². The van der Waals surface area contributed by atoms with Gasteiger partial charge in [-0.3, -0.25) is 9.59 Å². The van der Waals surface area contributed by atoms with E-state index in [-0.39, 0.29) is 23.8 Å². The Labute approximate surface area is 125 Å². The van der Waals surface area contributed by atoms with Gasteiger partial charge in [-0.1, -0.05) is 35.9 Å². The summed E-state index contributed by atoms with van der Waals surface area (Å²) in [5, 5.41) is 11.7. The monoisotopic (exact) mass is 305 g/mol. The molecule has 0 saturated carbocycles. The molecule has 0 saturated heterocycles. The van der Waals surface area contributed by atoms with Crippen LogP contribution in [0.15, 0.2) is 36.7 Å². The second-order valence-corrected chi connectivity index (χ2v) is 4.63. The molecule has 1 amide bonds. The topological polar surface area (TPSA) is 92.2 Å². The highest BCUT2D eigenvalue weighted by molar-refractivity contribution is 6.29. The fourth-order valence-corrected chi connectivity index (χ4v) is 1.86. The van der Waals surface area contributed by atoms with E-state index >= 15 is 0 Å². The number of rotatable bonds is 5. The Hall–Kier alpha value is -2.47. The Morgan fingerprint density at radius 3 is 2.48 bits per heavy atom. The summed E-state index contributed by atoms with van der Waals surface area (Å²) in [5.74, 6) is -1.32. The molecule has 6 nitrogen and oxygen atoms in total. The lowest BCUT2D eigenvalue weighted by molar-refractivity contribution is -0.136. The number of nitrogens with one attached hydrogen (secondary N) is 1. The maximum atomic E-state index is 11.9. The van der Waals surface area contributed by atoms with E-state index in [0.29, 0.717) is 5.56 Å². The summed E-state index contributed by atoms with van der Waals surface area (Å²) in [7, 11) is 0. The predicted octanol–water partition coefficient (Wildman–Crippen LogP) is 1.69. The quantitative estimate of drug-likeness (QED) is 0.877. The van der Waals surface area contributed by atoms with Crippen molar-refractivity contribution in [3.8, 4) is 0 Å². The zero-order valence-corrected chi connectivity index (χ0v) is 11.7. The average Bonchev–Trinajstić information content (AvgIpc) is 2.46. The van der Waals surface area contributed by atoms with Gasteiger partial charge in [0, 0.05) is 6.54 Å². The molecule has 2 aromatic rings. The molecular formula is C14H12ClN3O3. The van der Waals surface area contributed by atoms with Crippen LogP contribution < -0.4 is 5.32 Å². The summed E-state index contributed by atoms with van der Waals surface area (Å²) in [4.78, 5) is 30.3. The van der Waals surface area contributed by atoms with Crippen LogP contribution in [0.4, 0.5) is 0 Å². The summed E-state index contributed by atoms with van der Waals surface area (Å²) in [6.07, 6.45) is 2.47. The molecule has 2 N–H and O–H groups in total. The van der Waals surface area contributed by atoms with Crippen LogP contribution in [0.5, 0.6) is 0 Å². The lowest BCUT2D eigenvalue weighted by atomic mass is 10.0. The lowest BCUT2D eigenvalue weighted by Gasteiger charge is -2.09. The van der Waals surface area contributed by atoms with Crippen LogP contribution in [0.25, 0.3) is 0 Å². The van der Waals surface area contributed by atoms with Gasteiger partial charge in [-0.05, 0) is 11.1 Å². The van der Waals surface area contributed by atoms with Gasteiger partial charge in [-0.25, -0.2) is 9.97 Å². The van der Waals surface area contributed by atoms with Crippen LogP contribution in [-0.2, 0) is 17.8 Å². The second kappa shape index (κ2) is 6.81. The Balaban J connectivity index is 2.04. The number of hydrogen-bond donors (Lipinski definition) is 2. The molecule has 2 rings (SSSR count). The van der Waals surface area contributed by atoms with Crippen molar-refractivity contribution in [1.82, 2.24) is 15.3 Å². The smallest absolute Gasteiger partial charge is 0.307 e. The first-order valence-electron chi connectivity index (χ1n) is 6.10. The molecule has 1 heterocycles. The number of aliphatic carboxylic acids is 1. The van der Waals surface area contributed by atoms with Crippen molar-refractivity contribution in [3.05, 3.63) is 58.6 Å². The molecular weight excluding hydrogens is 294 g/mol. The molecule has 21 heavy (non-hydrogen) atoms. The Kier molecular flexibility index (Phi) is 4.84. The molecule has 0 aliphatic heterocycles. The SMILES string of the molecule is O=C(O)Cc1ccccc1CNC(=O)c1cnc(Cl)cn1. The first kappa shape index (κ1) is 14.9. The summed E-state index contributed by atoms with van der Waals surface area (Å²) in [6, 6.07) is 7.03. The van der Waals surface area contributed by atoms with Crippen LogP contribution >= 0.6 is 11.6 Å². The second-order valence-electron chi connectivity index (χ2n) is 4.25. The van der Waals surface area contributed by atoms with E-state index in [1.165, 1.54) is 12.4 Å². The number of aromatic nitrogens is 2. The minimum Gasteiger partial charge on any atom is -0.481 e. The Bertz CT molecular complexity index is 659. The predicted molar refractivity (Wildman–Crippen MR) is 76.0 cm³/mol. The van der Waals surface area contributed by atoms with Crippen molar-refractivity contribution >= 4 is 23.5 Å². The average molecular weight is 306 g/mol. The van der Waals surface area contributed by atoms with Crippen molar-refractivity contribution in [3.63, 3.8) is 0 Å². The summed E-state index contributed by atoms with van der Waals surface area (Å²) < 4.78 is 0. The first-order chi connectivity index (χ1) is 10.1. The molecule has 0 bridgehead atoms. The third-order valence-corrected chi connectivity index (χ3v) is 2.95. The first-order valence-corrected chi connectivity index (χ1v) is 6.48. The Morgan fingerprint density at radius 1 is 1.14 bits per heavy atom. The van der Waals surface area contributed by atoms with Gasteiger partial charge in [0.1, 0.15) is 10.8 Å². The number of carboxylic acids is 1. The summed E-state index contributed by atoms with van der Waals surface area (Å²) in [5.41, 5.74) is 1.55. The standard InChI is InChI=1S/C14H12ClN3O3/c15-12-8-16-11(7-17-12)14(21)18-6-10-4-2-1-3-9(10)5-13(19)20/h1-4,7-8H,5-6H2,(H,18,21)(H,19,20). The van der Waals surface area contributed by atoms with Crippen molar-refractivity contribution < 1.29 is 14.7 Å². The van der Waals surface area contributed by atoms with Crippen LogP contribution in [0.1, 0.15) is 21.6 Å². The summed E-state index contributed by atoms with van der Waals surface area (Å²) in [6.45, 7) is 0.215. The number of amides is 1. The lowest BCUT2D eigenvalue weighted by Crippen LogP contribution is -2.24. The van der Waals surface area contributed by atoms with Crippen LogP contribution in [-0.4, -0.2) is 27.0 Å². The molecule has 0 aliphatic rings. The van der Waals surface area contributed by atoms with Gasteiger partial charge in [-0.15, -0.1) is 0 Å². The highest BCUT2D eigenvalue weighted by atomic mass is 35.5. The highest BCUT2D eigenvalue weighted by Gasteiger charge is 2.10. The van der Waals surface area contributed by atoms with E-state index in [1.807, 2.05) is 0 Å². The van der Waals surface area contributed by atoms with E-state index in [4.69, 9.17) is 16.7 Å². The van der Waals surface area contributed by atoms with Crippen LogP contribution in [0.3, 0.4) is 0 Å². The maximum Gasteiger partial charge on any atom is 0.307 e. The van der Waals surface area contributed by atoms with Gasteiger partial charge in [0.15, 0.2) is 0 Å². The zero-order valence-electron chi connectivity index (χ0n) is 10.9. The van der Waals surface area contributed by atoms with Gasteiger partial charge in [0.2, 0.25) is 0 Å². The molecule has 0 aliphatic carbocycles. The van der Waals surface area contributed by atoms with E-state index in [9.17, 15) is 9.59 Å². The van der Waals surface area contributed by atoms with Crippen molar-refractivity contribution in [1.29, 1.82) is 0 Å². The number of carbonyl (C=O) groups excluding carboxylic acids is 1. The van der Waals surface area contributed by atoms with Gasteiger partial charge in [-0.2, -0.15) is 0 Å². The minimum absolute atomic E-state index is 0.0905. The van der Waals surface area contributed by atoms with Gasteiger partial charge >= 0.3 is 5.97 Å². The molecule has 0 fully saturated rings. The molecule has 1 aromatic carbocycles. The number of carbonyl (C=O) groups is 2. The van der Waals surface area contributed by atoms with Gasteiger partial charge in [0.05, 0.1) is 18.8 Å². The van der Waals surface area contributed by atoms with Crippen molar-refractivity contribution in [2.24, 2.45) is 0 Å². The molecule has 0 atom stereocenters. The molecule has 108 valence electrons. The Morgan fingerprint density at radius 2 is 1.86 bits per heavy atom. The third-order valence-electron chi connectivity index (χ3n) is 2.75. The summed E-state index contributed by atoms with van der Waals surface area (Å²) >= 11 is 5.60. The number of halogens is 1. The van der Waals surface area contributed by atoms with E-state index in [1.54, 1.807) is 24.3 Å². The largest absolute Gasteiger partial charge is 0.481 e. The molecule has 0 spiro atoms. The maximum absolute atomic E-state index is 11.9. The van der Waals surface area contributed by atoms with Crippen molar-refractivity contribution in [2.45, 2.75) is 13.0 Å². The minimum atomic E-state index is -0.919. The highest BCUT2D eigenvalue weighted by Crippen LogP contribution is 2.10. The molecule has 0 unspecified atom stereocenters. The molecule has 0 radical (unpaired) electrons. The normalized spacial score (nSPS) is 10.1. The number of carboxylic acid groups (broad SMARTS) is 1. The fraction of sp³-hybridized carbons (Fsp3) is 0.143. The van der Waals surface area contributed by atoms with Gasteiger partial charge < -0.3 is 10.4 Å². The van der Waals surface area contributed by atoms with Crippen molar-refractivity contribution in [2.75, 3.05) is 0 Å². The van der Waals surface area contributed by atoms with E-state index in [2.05, 4.69) is 15.3 Å². The zero-order chi connectivity index (χ0) is 15.2. The number of benzene rings is 1. The third kappa shape index (κ3) is 4.25. The van der Waals surface area contributed by atoms with Crippen LogP contribution in [0, 0.1) is 0 Å². The number of hydrogen-bond acceptors (Lipinski definition) is 4.